The number of urea groups is 1. The molecule has 3 rings (SSSR count). The fourth-order valence-electron chi connectivity index (χ4n) is 3.74. The lowest BCUT2D eigenvalue weighted by atomic mass is 10.2. The van der Waals surface area contributed by atoms with E-state index in [1.165, 1.54) is 11.4 Å². The third-order valence-electron chi connectivity index (χ3n) is 5.51. The van der Waals surface area contributed by atoms with Gasteiger partial charge in [0.2, 0.25) is 0 Å². The quantitative estimate of drug-likeness (QED) is 0.795. The van der Waals surface area contributed by atoms with Gasteiger partial charge in [0.05, 0.1) is 12.8 Å². The summed E-state index contributed by atoms with van der Waals surface area (Å²) in [6.45, 7) is 11.4. The molecule has 0 atom stereocenters. The molecule has 1 heterocycles. The summed E-state index contributed by atoms with van der Waals surface area (Å²) in [6.07, 6.45) is 0. The van der Waals surface area contributed by atoms with Gasteiger partial charge in [0.25, 0.3) is 0 Å². The average Bonchev–Trinajstić information content (AvgIpc) is 2.75. The third-order valence-corrected chi connectivity index (χ3v) is 5.51. The Bertz CT molecular complexity index is 810. The van der Waals surface area contributed by atoms with Crippen LogP contribution in [0.5, 0.6) is 5.75 Å². The maximum atomic E-state index is 12.7. The van der Waals surface area contributed by atoms with E-state index in [-0.39, 0.29) is 6.03 Å². The molecule has 0 aromatic heterocycles. The summed E-state index contributed by atoms with van der Waals surface area (Å²) in [4.78, 5) is 19.2. The Kier molecular flexibility index (Phi) is 6.86. The van der Waals surface area contributed by atoms with Crippen molar-refractivity contribution in [2.75, 3.05) is 61.5 Å². The Morgan fingerprint density at radius 3 is 2.28 bits per heavy atom. The van der Waals surface area contributed by atoms with Crippen molar-refractivity contribution >= 4 is 23.1 Å². The van der Waals surface area contributed by atoms with Crippen LogP contribution in [0.4, 0.5) is 21.9 Å². The van der Waals surface area contributed by atoms with Gasteiger partial charge < -0.3 is 24.8 Å². The molecule has 1 saturated heterocycles. The van der Waals surface area contributed by atoms with E-state index < -0.39 is 0 Å². The van der Waals surface area contributed by atoms with Crippen LogP contribution in [-0.2, 0) is 0 Å². The van der Waals surface area contributed by atoms with Gasteiger partial charge in [0.15, 0.2) is 0 Å². The second kappa shape index (κ2) is 9.54. The van der Waals surface area contributed by atoms with Crippen LogP contribution >= 0.6 is 0 Å². The highest BCUT2D eigenvalue weighted by molar-refractivity contribution is 5.91. The van der Waals surface area contributed by atoms with E-state index in [4.69, 9.17) is 4.74 Å². The van der Waals surface area contributed by atoms with Crippen molar-refractivity contribution in [2.24, 2.45) is 0 Å². The molecule has 0 saturated carbocycles. The predicted molar refractivity (Wildman–Crippen MR) is 121 cm³/mol. The number of carbonyl (C=O) groups excluding carboxylic acids is 1. The molecule has 29 heavy (non-hydrogen) atoms. The summed E-state index contributed by atoms with van der Waals surface area (Å²) >= 11 is 0. The molecule has 1 N–H and O–H groups in total. The highest BCUT2D eigenvalue weighted by Crippen LogP contribution is 2.26. The third kappa shape index (κ3) is 4.94. The Balaban J connectivity index is 1.57. The molecule has 1 aliphatic rings. The predicted octanol–water partition coefficient (Wildman–Crippen LogP) is 4.20. The Hall–Kier alpha value is -2.89. The highest BCUT2D eigenvalue weighted by Gasteiger charge is 2.22. The van der Waals surface area contributed by atoms with Crippen molar-refractivity contribution < 1.29 is 9.53 Å². The van der Waals surface area contributed by atoms with Gasteiger partial charge >= 0.3 is 6.03 Å². The molecule has 1 fully saturated rings. The molecule has 156 valence electrons. The van der Waals surface area contributed by atoms with Gasteiger partial charge in [-0.2, -0.15) is 0 Å². The van der Waals surface area contributed by atoms with Gasteiger partial charge in [-0.25, -0.2) is 4.79 Å². The van der Waals surface area contributed by atoms with Crippen LogP contribution in [0.25, 0.3) is 0 Å². The van der Waals surface area contributed by atoms with Gasteiger partial charge in [-0.15, -0.1) is 0 Å². The van der Waals surface area contributed by atoms with Gasteiger partial charge in [0, 0.05) is 50.6 Å². The molecular weight excluding hydrogens is 364 g/mol. The summed E-state index contributed by atoms with van der Waals surface area (Å²) in [5.41, 5.74) is 4.26. The molecule has 6 heteroatoms. The maximum absolute atomic E-state index is 12.7. The number of ether oxygens (including phenoxy) is 1. The van der Waals surface area contributed by atoms with Gasteiger partial charge in [-0.3, -0.25) is 0 Å². The van der Waals surface area contributed by atoms with Gasteiger partial charge in [-0.05, 0) is 62.7 Å². The molecule has 1 aliphatic heterocycles. The lowest BCUT2D eigenvalue weighted by Gasteiger charge is -2.36. The number of nitrogens with zero attached hydrogens (tertiary/aromatic N) is 3. The van der Waals surface area contributed by atoms with Crippen molar-refractivity contribution in [1.29, 1.82) is 0 Å². The van der Waals surface area contributed by atoms with Gasteiger partial charge in [0.1, 0.15) is 5.75 Å². The van der Waals surface area contributed by atoms with Crippen molar-refractivity contribution in [2.45, 2.75) is 20.8 Å². The minimum Gasteiger partial charge on any atom is -0.495 e. The summed E-state index contributed by atoms with van der Waals surface area (Å²) in [5.74, 6) is 0.677. The van der Waals surface area contributed by atoms with Crippen LogP contribution in [0.3, 0.4) is 0 Å². The van der Waals surface area contributed by atoms with Crippen LogP contribution in [-0.4, -0.2) is 57.3 Å². The second-order valence-corrected chi connectivity index (χ2v) is 7.30. The Morgan fingerprint density at radius 1 is 1.03 bits per heavy atom. The summed E-state index contributed by atoms with van der Waals surface area (Å²) in [6, 6.07) is 14.4. The van der Waals surface area contributed by atoms with E-state index in [0.717, 1.165) is 31.7 Å². The number of nitrogens with one attached hydrogen (secondary N) is 1. The molecule has 0 aliphatic carbocycles. The monoisotopic (exact) mass is 396 g/mol. The molecule has 0 unspecified atom stereocenters. The van der Waals surface area contributed by atoms with Gasteiger partial charge in [-0.1, -0.05) is 6.07 Å². The molecular formula is C23H32N4O2. The van der Waals surface area contributed by atoms with Crippen LogP contribution in [0.2, 0.25) is 0 Å². The zero-order chi connectivity index (χ0) is 20.8. The molecule has 0 bridgehead atoms. The van der Waals surface area contributed by atoms with Crippen LogP contribution in [0, 0.1) is 6.92 Å². The normalized spacial score (nSPS) is 13.9. The molecule has 2 amide bonds. The van der Waals surface area contributed by atoms with Crippen molar-refractivity contribution in [3.8, 4) is 5.75 Å². The molecule has 6 nitrogen and oxygen atoms in total. The molecule has 0 radical (unpaired) electrons. The average molecular weight is 397 g/mol. The van der Waals surface area contributed by atoms with E-state index in [1.807, 2.05) is 30.0 Å². The number of hydrogen-bond acceptors (Lipinski definition) is 4. The largest absolute Gasteiger partial charge is 0.495 e. The van der Waals surface area contributed by atoms with Crippen LogP contribution < -0.4 is 19.9 Å². The topological polar surface area (TPSA) is 48.0 Å². The number of aryl methyl sites for hydroxylation is 1. The van der Waals surface area contributed by atoms with Crippen LogP contribution in [0.15, 0.2) is 42.5 Å². The van der Waals surface area contributed by atoms with Crippen molar-refractivity contribution in [1.82, 2.24) is 4.90 Å². The van der Waals surface area contributed by atoms with E-state index in [9.17, 15) is 4.79 Å². The minimum atomic E-state index is -0.0783. The number of amides is 2. The number of carbonyl (C=O) groups is 1. The highest BCUT2D eigenvalue weighted by atomic mass is 16.5. The lowest BCUT2D eigenvalue weighted by molar-refractivity contribution is 0.208. The molecule has 2 aromatic carbocycles. The number of anilines is 3. The first-order valence-corrected chi connectivity index (χ1v) is 10.4. The first-order chi connectivity index (χ1) is 14.0. The zero-order valence-corrected chi connectivity index (χ0v) is 17.9. The van der Waals surface area contributed by atoms with Crippen LogP contribution in [0.1, 0.15) is 19.4 Å². The Morgan fingerprint density at radius 2 is 1.69 bits per heavy atom. The SMILES string of the molecule is CCN(CC)c1ccc(N2CCN(C(=O)Nc3cc(C)ccc3OC)CC2)cc1. The zero-order valence-electron chi connectivity index (χ0n) is 17.9. The second-order valence-electron chi connectivity index (χ2n) is 7.30. The van der Waals surface area contributed by atoms with Crippen molar-refractivity contribution in [3.63, 3.8) is 0 Å². The molecule has 0 spiro atoms. The fourth-order valence-corrected chi connectivity index (χ4v) is 3.74. The fraction of sp³-hybridized carbons (Fsp3) is 0.435. The number of benzene rings is 2. The standard InChI is InChI=1S/C23H32N4O2/c1-5-25(6-2)19-8-10-20(11-9-19)26-13-15-27(16-14-26)23(28)24-21-17-18(3)7-12-22(21)29-4/h7-12,17H,5-6,13-16H2,1-4H3,(H,24,28). The summed E-state index contributed by atoms with van der Waals surface area (Å²) in [7, 11) is 1.62. The van der Waals surface area contributed by atoms with E-state index >= 15 is 0 Å². The first kappa shape index (κ1) is 20.8. The van der Waals surface area contributed by atoms with Crippen molar-refractivity contribution in [3.05, 3.63) is 48.0 Å². The maximum Gasteiger partial charge on any atom is 0.322 e. The van der Waals surface area contributed by atoms with E-state index in [0.29, 0.717) is 24.5 Å². The number of piperazine rings is 1. The minimum absolute atomic E-state index is 0.0783. The Labute approximate surface area is 174 Å². The first-order valence-electron chi connectivity index (χ1n) is 10.4. The van der Waals surface area contributed by atoms with E-state index in [2.05, 4.69) is 53.2 Å². The summed E-state index contributed by atoms with van der Waals surface area (Å²) < 4.78 is 5.36. The number of hydrogen-bond donors (Lipinski definition) is 1. The van der Waals surface area contributed by atoms with E-state index in [1.54, 1.807) is 7.11 Å². The molecule has 2 aromatic rings. The lowest BCUT2D eigenvalue weighted by Crippen LogP contribution is -2.50. The number of rotatable bonds is 6. The smallest absolute Gasteiger partial charge is 0.322 e. The number of methoxy groups -OCH3 is 1. The summed E-state index contributed by atoms with van der Waals surface area (Å²) in [5, 5.41) is 3.00.